The highest BCUT2D eigenvalue weighted by molar-refractivity contribution is 7.13. The Kier molecular flexibility index (Phi) is 5.28. The second kappa shape index (κ2) is 7.70. The lowest BCUT2D eigenvalue weighted by Gasteiger charge is -2.42. The molecule has 1 aromatic carbocycles. The van der Waals surface area contributed by atoms with Crippen molar-refractivity contribution in [2.24, 2.45) is 17.3 Å². The second-order valence-corrected chi connectivity index (χ2v) is 9.30. The molecule has 2 heterocycles. The molecule has 2 amide bonds. The Morgan fingerprint density at radius 1 is 1.25 bits per heavy atom. The van der Waals surface area contributed by atoms with Crippen LogP contribution in [-0.2, 0) is 16.0 Å². The van der Waals surface area contributed by atoms with Crippen LogP contribution in [0.25, 0.3) is 10.4 Å². The molecule has 1 N–H and O–H groups in total. The van der Waals surface area contributed by atoms with Crippen molar-refractivity contribution >= 4 is 23.2 Å². The number of carbonyl (C=O) groups is 2. The Labute approximate surface area is 170 Å². The van der Waals surface area contributed by atoms with Crippen molar-refractivity contribution in [2.75, 3.05) is 20.1 Å². The van der Waals surface area contributed by atoms with Gasteiger partial charge >= 0.3 is 0 Å². The van der Waals surface area contributed by atoms with Crippen LogP contribution in [0.15, 0.2) is 41.8 Å². The lowest BCUT2D eigenvalue weighted by molar-refractivity contribution is -0.142. The number of hydrogen-bond donors (Lipinski definition) is 1. The summed E-state index contributed by atoms with van der Waals surface area (Å²) in [7, 11) is 1.71. The minimum atomic E-state index is -0.561. The number of rotatable bonds is 5. The van der Waals surface area contributed by atoms with E-state index in [2.05, 4.69) is 48.0 Å². The van der Waals surface area contributed by atoms with E-state index in [1.165, 1.54) is 16.0 Å². The lowest BCUT2D eigenvalue weighted by Crippen LogP contribution is -2.54. The van der Waals surface area contributed by atoms with Gasteiger partial charge in [0.25, 0.3) is 0 Å². The van der Waals surface area contributed by atoms with Gasteiger partial charge in [0.2, 0.25) is 11.8 Å². The van der Waals surface area contributed by atoms with Crippen LogP contribution < -0.4 is 5.32 Å². The van der Waals surface area contributed by atoms with Crippen LogP contribution in [0, 0.1) is 17.3 Å². The normalized spacial score (nSPS) is 26.7. The van der Waals surface area contributed by atoms with E-state index in [1.807, 2.05) is 11.0 Å². The van der Waals surface area contributed by atoms with Crippen molar-refractivity contribution in [3.05, 3.63) is 47.3 Å². The minimum absolute atomic E-state index is 0.0508. The zero-order valence-electron chi connectivity index (χ0n) is 16.6. The molecule has 4 nitrogen and oxygen atoms in total. The van der Waals surface area contributed by atoms with Crippen LogP contribution in [0.3, 0.4) is 0 Å². The molecule has 1 saturated heterocycles. The zero-order chi connectivity index (χ0) is 19.7. The maximum Gasteiger partial charge on any atom is 0.228 e. The molecule has 5 heteroatoms. The van der Waals surface area contributed by atoms with Gasteiger partial charge in [0.1, 0.15) is 0 Å². The van der Waals surface area contributed by atoms with Gasteiger partial charge < -0.3 is 10.2 Å². The van der Waals surface area contributed by atoms with Gasteiger partial charge in [0.05, 0.1) is 5.41 Å². The molecule has 1 saturated carbocycles. The highest BCUT2D eigenvalue weighted by Crippen LogP contribution is 2.42. The Morgan fingerprint density at radius 2 is 2.04 bits per heavy atom. The van der Waals surface area contributed by atoms with Gasteiger partial charge in [0, 0.05) is 30.9 Å². The molecule has 148 valence electrons. The summed E-state index contributed by atoms with van der Waals surface area (Å²) in [4.78, 5) is 29.1. The molecular formula is C23H28N2O2S. The number of thiophene rings is 1. The van der Waals surface area contributed by atoms with Gasteiger partial charge in [-0.1, -0.05) is 37.3 Å². The van der Waals surface area contributed by atoms with E-state index in [9.17, 15) is 9.59 Å². The topological polar surface area (TPSA) is 49.4 Å². The Bertz CT molecular complexity index is 863. The molecule has 0 unspecified atom stereocenters. The number of hydrogen-bond acceptors (Lipinski definition) is 3. The summed E-state index contributed by atoms with van der Waals surface area (Å²) in [5.41, 5.74) is 1.82. The maximum absolute atomic E-state index is 13.1. The molecule has 0 radical (unpaired) electrons. The second-order valence-electron chi connectivity index (χ2n) is 8.35. The number of benzene rings is 1. The quantitative estimate of drug-likeness (QED) is 0.831. The fourth-order valence-corrected chi connectivity index (χ4v) is 5.39. The molecule has 3 atom stereocenters. The summed E-state index contributed by atoms with van der Waals surface area (Å²) in [5, 5.41) is 4.97. The van der Waals surface area contributed by atoms with Gasteiger partial charge in [-0.25, -0.2) is 0 Å². The molecule has 2 aromatic rings. The van der Waals surface area contributed by atoms with Gasteiger partial charge in [0.15, 0.2) is 0 Å². The lowest BCUT2D eigenvalue weighted by atomic mass is 9.73. The van der Waals surface area contributed by atoms with Crippen molar-refractivity contribution in [1.82, 2.24) is 10.2 Å². The van der Waals surface area contributed by atoms with Crippen LogP contribution in [-0.4, -0.2) is 36.9 Å². The number of likely N-dealkylation sites (tertiary alicyclic amines) is 1. The highest BCUT2D eigenvalue weighted by atomic mass is 32.1. The van der Waals surface area contributed by atoms with E-state index in [0.717, 1.165) is 25.8 Å². The van der Waals surface area contributed by atoms with Crippen molar-refractivity contribution < 1.29 is 9.59 Å². The van der Waals surface area contributed by atoms with E-state index in [0.29, 0.717) is 18.9 Å². The summed E-state index contributed by atoms with van der Waals surface area (Å²) in [6, 6.07) is 12.5. The third kappa shape index (κ3) is 3.60. The molecule has 0 bridgehead atoms. The van der Waals surface area contributed by atoms with Gasteiger partial charge in [-0.05, 0) is 54.2 Å². The van der Waals surface area contributed by atoms with E-state index in [-0.39, 0.29) is 17.7 Å². The Balaban J connectivity index is 1.64. The molecule has 1 aliphatic carbocycles. The fraction of sp³-hybridized carbons (Fsp3) is 0.478. The summed E-state index contributed by atoms with van der Waals surface area (Å²) in [6.45, 7) is 3.43. The largest absolute Gasteiger partial charge is 0.359 e. The van der Waals surface area contributed by atoms with Crippen LogP contribution >= 0.6 is 11.3 Å². The molecule has 28 heavy (non-hydrogen) atoms. The highest BCUT2D eigenvalue weighted by Gasteiger charge is 2.47. The number of nitrogens with zero attached hydrogens (tertiary/aromatic N) is 1. The smallest absolute Gasteiger partial charge is 0.228 e. The van der Waals surface area contributed by atoms with Crippen LogP contribution in [0.1, 0.15) is 31.7 Å². The van der Waals surface area contributed by atoms with Crippen molar-refractivity contribution in [3.8, 4) is 10.4 Å². The molecule has 2 aliphatic rings. The number of amides is 2. The first-order valence-electron chi connectivity index (χ1n) is 10.2. The van der Waals surface area contributed by atoms with Crippen molar-refractivity contribution in [2.45, 2.75) is 32.6 Å². The molecule has 2 fully saturated rings. The summed E-state index contributed by atoms with van der Waals surface area (Å²) >= 11 is 1.72. The summed E-state index contributed by atoms with van der Waals surface area (Å²) < 4.78 is 0. The number of carbonyl (C=O) groups excluding carboxylic acids is 2. The molecule has 0 spiro atoms. The molecule has 4 rings (SSSR count). The predicted octanol–water partition coefficient (Wildman–Crippen LogP) is 3.97. The van der Waals surface area contributed by atoms with Gasteiger partial charge in [-0.2, -0.15) is 0 Å². The van der Waals surface area contributed by atoms with Crippen LogP contribution in [0.4, 0.5) is 0 Å². The standard InChI is InChI=1S/C23H28N2O2S/c1-16-13-19(16)21(26)25-11-6-10-23(15-25,22(27)24-2)14-17-7-3-4-8-18(17)20-9-5-12-28-20/h3-5,7-9,12,16,19H,6,10-11,13-15H2,1-2H3,(H,24,27)/t16-,19-,23+/m1/s1. The average Bonchev–Trinajstić information content (AvgIpc) is 3.20. The van der Waals surface area contributed by atoms with Gasteiger partial charge in [-0.3, -0.25) is 9.59 Å². The number of piperidine rings is 1. The monoisotopic (exact) mass is 396 g/mol. The molecule has 1 aliphatic heterocycles. The van der Waals surface area contributed by atoms with E-state index in [4.69, 9.17) is 0 Å². The SMILES string of the molecule is CNC(=O)[C@]1(Cc2ccccc2-c2cccs2)CCCN(C(=O)[C@@H]2C[C@H]2C)C1. The summed E-state index contributed by atoms with van der Waals surface area (Å²) in [5.74, 6) is 0.948. The number of nitrogens with one attached hydrogen (secondary N) is 1. The predicted molar refractivity (Wildman–Crippen MR) is 113 cm³/mol. The van der Waals surface area contributed by atoms with Gasteiger partial charge in [-0.15, -0.1) is 11.3 Å². The minimum Gasteiger partial charge on any atom is -0.359 e. The zero-order valence-corrected chi connectivity index (χ0v) is 17.4. The van der Waals surface area contributed by atoms with E-state index < -0.39 is 5.41 Å². The first-order chi connectivity index (χ1) is 13.5. The fourth-order valence-electron chi connectivity index (χ4n) is 4.61. The third-order valence-electron chi connectivity index (χ3n) is 6.36. The van der Waals surface area contributed by atoms with Crippen molar-refractivity contribution in [3.63, 3.8) is 0 Å². The van der Waals surface area contributed by atoms with Crippen molar-refractivity contribution in [1.29, 1.82) is 0 Å². The van der Waals surface area contributed by atoms with E-state index in [1.54, 1.807) is 18.4 Å². The Hall–Kier alpha value is -2.14. The molecule has 1 aromatic heterocycles. The first-order valence-corrected chi connectivity index (χ1v) is 11.0. The maximum atomic E-state index is 13.1. The van der Waals surface area contributed by atoms with E-state index >= 15 is 0 Å². The molecular weight excluding hydrogens is 368 g/mol. The van der Waals surface area contributed by atoms with Crippen LogP contribution in [0.5, 0.6) is 0 Å². The Morgan fingerprint density at radius 3 is 2.71 bits per heavy atom. The summed E-state index contributed by atoms with van der Waals surface area (Å²) in [6.07, 6.45) is 3.34. The first kappa shape index (κ1) is 19.2. The average molecular weight is 397 g/mol. The van der Waals surface area contributed by atoms with Crippen LogP contribution in [0.2, 0.25) is 0 Å². The third-order valence-corrected chi connectivity index (χ3v) is 7.26.